The molecule has 3 aliphatic heterocycles. The fourth-order valence-electron chi connectivity index (χ4n) is 6.03. The van der Waals surface area contributed by atoms with Gasteiger partial charge in [0.1, 0.15) is 29.4 Å². The first kappa shape index (κ1) is 30.8. The number of hydrogen-bond acceptors (Lipinski definition) is 10. The number of carbonyl (C=O) groups excluding carboxylic acids is 1. The highest BCUT2D eigenvalue weighted by atomic mass is 32.2. The third-order valence-corrected chi connectivity index (χ3v) is 9.77. The highest BCUT2D eigenvalue weighted by Crippen LogP contribution is 2.41. The number of methoxy groups -OCH3 is 1. The molecule has 3 aliphatic rings. The molecule has 4 aromatic rings. The molecule has 9 bridgehead atoms. The smallest absolute Gasteiger partial charge is 0.386 e. The lowest BCUT2D eigenvalue weighted by Crippen LogP contribution is -2.39. The molecule has 12 nitrogen and oxygen atoms in total. The highest BCUT2D eigenvalue weighted by molar-refractivity contribution is 7.84. The molecule has 0 radical (unpaired) electrons. The van der Waals surface area contributed by atoms with Crippen LogP contribution in [0.5, 0.6) is 17.2 Å². The van der Waals surface area contributed by atoms with E-state index >= 15 is 0 Å². The van der Waals surface area contributed by atoms with E-state index in [-0.39, 0.29) is 31.3 Å². The highest BCUT2D eigenvalue weighted by Gasteiger charge is 2.37. The van der Waals surface area contributed by atoms with Crippen molar-refractivity contribution in [3.05, 3.63) is 76.3 Å². The zero-order valence-corrected chi connectivity index (χ0v) is 26.5. The maximum absolute atomic E-state index is 13.4. The fraction of sp³-hybridized carbons (Fsp3) is 0.406. The monoisotopic (exact) mass is 636 g/mol. The van der Waals surface area contributed by atoms with E-state index in [1.165, 1.54) is 4.31 Å². The van der Waals surface area contributed by atoms with E-state index in [1.807, 2.05) is 31.2 Å². The van der Waals surface area contributed by atoms with Crippen molar-refractivity contribution in [1.82, 2.24) is 19.3 Å². The maximum Gasteiger partial charge on any atom is 0.386 e. The van der Waals surface area contributed by atoms with Crippen LogP contribution in [-0.4, -0.2) is 67.2 Å². The van der Waals surface area contributed by atoms with E-state index in [9.17, 15) is 13.2 Å². The number of aryl methyl sites for hydroxylation is 1. The van der Waals surface area contributed by atoms with Crippen LogP contribution < -0.4 is 13.7 Å². The molecule has 2 unspecified atom stereocenters. The number of carbonyl (C=O) groups is 1. The van der Waals surface area contributed by atoms with E-state index < -0.39 is 22.3 Å². The van der Waals surface area contributed by atoms with Crippen molar-refractivity contribution in [2.45, 2.75) is 52.2 Å². The number of fused-ring (bicyclic) bond motifs is 6. The van der Waals surface area contributed by atoms with Gasteiger partial charge in [-0.3, -0.25) is 4.79 Å². The lowest BCUT2D eigenvalue weighted by atomic mass is 9.84. The normalized spacial score (nSPS) is 21.1. The predicted octanol–water partition coefficient (Wildman–Crippen LogP) is 4.44. The van der Waals surface area contributed by atoms with Gasteiger partial charge in [-0.15, -0.1) is 5.10 Å². The van der Waals surface area contributed by atoms with Gasteiger partial charge in [0.25, 0.3) is 0 Å². The third kappa shape index (κ3) is 6.07. The third-order valence-electron chi connectivity index (χ3n) is 8.36. The molecule has 4 heterocycles. The summed E-state index contributed by atoms with van der Waals surface area (Å²) >= 11 is 0. The summed E-state index contributed by atoms with van der Waals surface area (Å²) < 4.78 is 58.3. The summed E-state index contributed by atoms with van der Waals surface area (Å²) in [4.78, 5) is 12.9. The second kappa shape index (κ2) is 12.7. The van der Waals surface area contributed by atoms with Crippen LogP contribution in [0.2, 0.25) is 0 Å². The van der Waals surface area contributed by atoms with Crippen molar-refractivity contribution in [2.24, 2.45) is 0 Å². The molecule has 0 amide bonds. The molecular weight excluding hydrogens is 600 g/mol. The Morgan fingerprint density at radius 1 is 1.07 bits per heavy atom. The molecule has 3 atom stereocenters. The van der Waals surface area contributed by atoms with Crippen molar-refractivity contribution >= 4 is 27.3 Å². The Balaban J connectivity index is 1.50. The average molecular weight is 637 g/mol. The van der Waals surface area contributed by atoms with E-state index in [2.05, 4.69) is 10.3 Å². The molecule has 0 saturated carbocycles. The van der Waals surface area contributed by atoms with Crippen LogP contribution >= 0.6 is 0 Å². The van der Waals surface area contributed by atoms with Crippen molar-refractivity contribution in [1.29, 1.82) is 0 Å². The van der Waals surface area contributed by atoms with Crippen LogP contribution in [0.15, 0.2) is 48.5 Å². The molecule has 7 rings (SSSR count). The summed E-state index contributed by atoms with van der Waals surface area (Å²) in [6.07, 6.45) is 0.0730. The molecule has 3 aromatic carbocycles. The van der Waals surface area contributed by atoms with Crippen LogP contribution in [0, 0.1) is 6.92 Å². The van der Waals surface area contributed by atoms with Gasteiger partial charge >= 0.3 is 16.3 Å². The van der Waals surface area contributed by atoms with Crippen LogP contribution in [0.3, 0.4) is 0 Å². The number of benzene rings is 3. The van der Waals surface area contributed by atoms with Gasteiger partial charge < -0.3 is 23.1 Å². The summed E-state index contributed by atoms with van der Waals surface area (Å²) in [5, 5.41) is 8.84. The Bertz CT molecular complexity index is 1840. The van der Waals surface area contributed by atoms with Crippen LogP contribution in [0.1, 0.15) is 60.0 Å². The molecule has 0 aliphatic carbocycles. The summed E-state index contributed by atoms with van der Waals surface area (Å²) in [6.45, 7) is 7.42. The predicted molar refractivity (Wildman–Crippen MR) is 165 cm³/mol. The van der Waals surface area contributed by atoms with E-state index in [4.69, 9.17) is 23.1 Å². The van der Waals surface area contributed by atoms with Gasteiger partial charge in [-0.2, -0.15) is 12.7 Å². The van der Waals surface area contributed by atoms with Crippen molar-refractivity contribution in [2.75, 3.05) is 33.5 Å². The molecule has 0 fully saturated rings. The minimum absolute atomic E-state index is 0.0664. The van der Waals surface area contributed by atoms with Gasteiger partial charge in [-0.25, -0.2) is 4.68 Å². The largest absolute Gasteiger partial charge is 0.496 e. The second-order valence-electron chi connectivity index (χ2n) is 11.0. The Kier molecular flexibility index (Phi) is 8.67. The van der Waals surface area contributed by atoms with Crippen LogP contribution in [-0.2, 0) is 37.7 Å². The molecule has 13 heteroatoms. The Labute approximate surface area is 262 Å². The number of hydrogen-bond donors (Lipinski definition) is 0. The number of aromatic nitrogens is 3. The van der Waals surface area contributed by atoms with Crippen molar-refractivity contribution in [3.63, 3.8) is 0 Å². The lowest BCUT2D eigenvalue weighted by Gasteiger charge is -2.33. The lowest BCUT2D eigenvalue weighted by molar-refractivity contribution is -0.143. The van der Waals surface area contributed by atoms with Gasteiger partial charge in [0.2, 0.25) is 0 Å². The topological polar surface area (TPSA) is 131 Å². The Hall–Kier alpha value is -4.20. The van der Waals surface area contributed by atoms with E-state index in [0.29, 0.717) is 49.0 Å². The van der Waals surface area contributed by atoms with Crippen molar-refractivity contribution in [3.8, 4) is 17.2 Å². The van der Waals surface area contributed by atoms with Crippen LogP contribution in [0.4, 0.5) is 0 Å². The first-order chi connectivity index (χ1) is 21.7. The van der Waals surface area contributed by atoms with Crippen LogP contribution in [0.25, 0.3) is 11.0 Å². The van der Waals surface area contributed by atoms with Gasteiger partial charge in [-0.05, 0) is 73.9 Å². The number of esters is 1. The Morgan fingerprint density at radius 2 is 1.91 bits per heavy atom. The van der Waals surface area contributed by atoms with E-state index in [1.54, 1.807) is 49.9 Å². The first-order valence-electron chi connectivity index (χ1n) is 14.9. The quantitative estimate of drug-likeness (QED) is 0.296. The summed E-state index contributed by atoms with van der Waals surface area (Å²) in [7, 11) is -2.61. The molecule has 238 valence electrons. The molecule has 45 heavy (non-hydrogen) atoms. The summed E-state index contributed by atoms with van der Waals surface area (Å²) in [5.41, 5.74) is 5.45. The zero-order valence-electron chi connectivity index (χ0n) is 25.7. The minimum Gasteiger partial charge on any atom is -0.496 e. The molecular formula is C32H36N4O8S. The first-order valence-corrected chi connectivity index (χ1v) is 16.3. The average Bonchev–Trinajstić information content (AvgIpc) is 3.44. The number of nitrogens with zero attached hydrogens (tertiary/aromatic N) is 4. The van der Waals surface area contributed by atoms with Gasteiger partial charge in [0.05, 0.1) is 51.5 Å². The van der Waals surface area contributed by atoms with Gasteiger partial charge in [0, 0.05) is 23.6 Å². The fourth-order valence-corrected chi connectivity index (χ4v) is 7.31. The van der Waals surface area contributed by atoms with Gasteiger partial charge in [0.15, 0.2) is 0 Å². The minimum atomic E-state index is -4.15. The SMILES string of the molecule is CCOC(=O)CC1c2ccc(OC)c(c2)[C@@H](C)N2Cc3cc(ccc3OS2(=O)=O)OCCOCCn2nnc3c(C)c1ccc32. The van der Waals surface area contributed by atoms with Crippen molar-refractivity contribution < 1.29 is 36.3 Å². The van der Waals surface area contributed by atoms with Gasteiger partial charge in [-0.1, -0.05) is 17.3 Å². The standard InChI is InChI=1S/C32H36N4O8S/c1-5-42-31(37)18-27-22-6-10-30(40-4)26(17-22)21(3)36-19-23-16-24(7-11-29(23)44-45(36,38)39)43-15-14-41-13-12-35-28-9-8-25(27)20(2)32(28)33-34-35/h6-11,16-17,21,27H,5,12-15,18-19H2,1-4H3/t21-,27?/m1/s1. The van der Waals surface area contributed by atoms with E-state index in [0.717, 1.165) is 27.7 Å². The zero-order chi connectivity index (χ0) is 31.7. The number of rotatable bonds is 4. The summed E-state index contributed by atoms with van der Waals surface area (Å²) in [6, 6.07) is 13.9. The maximum atomic E-state index is 13.4. The molecule has 0 spiro atoms. The molecule has 1 aromatic heterocycles. The second-order valence-corrected chi connectivity index (χ2v) is 12.5. The summed E-state index contributed by atoms with van der Waals surface area (Å²) in [5.74, 6) is 0.581. The molecule has 0 saturated heterocycles. The number of ether oxygens (including phenoxy) is 4. The molecule has 0 N–H and O–H groups in total. The Morgan fingerprint density at radius 3 is 2.71 bits per heavy atom.